The second kappa shape index (κ2) is 5.75. The molecular weight excluding hydrogens is 433 g/mol. The van der Waals surface area contributed by atoms with E-state index in [2.05, 4.69) is 42.1 Å². The van der Waals surface area contributed by atoms with E-state index in [1.54, 1.807) is 0 Å². The van der Waals surface area contributed by atoms with E-state index >= 15 is 0 Å². The van der Waals surface area contributed by atoms with Crippen LogP contribution in [-0.2, 0) is 9.05 Å². The summed E-state index contributed by atoms with van der Waals surface area (Å²) in [6.45, 7) is 3.68. The van der Waals surface area contributed by atoms with Crippen LogP contribution in [0.25, 0.3) is 11.4 Å². The van der Waals surface area contributed by atoms with Crippen molar-refractivity contribution in [2.75, 3.05) is 0 Å². The van der Waals surface area contributed by atoms with E-state index in [1.807, 2.05) is 32.0 Å². The predicted octanol–water partition coefficient (Wildman–Crippen LogP) is 3.98. The number of halogens is 3. The fraction of sp³-hybridized carbons (Fsp3) is 0.273. The van der Waals surface area contributed by atoms with Gasteiger partial charge in [0.15, 0.2) is 5.82 Å². The molecule has 0 spiro atoms. The molecule has 0 aliphatic rings. The summed E-state index contributed by atoms with van der Waals surface area (Å²) in [4.78, 5) is 0. The van der Waals surface area contributed by atoms with Gasteiger partial charge in [-0.1, -0.05) is 31.9 Å². The highest BCUT2D eigenvalue weighted by molar-refractivity contribution is 9.11. The van der Waals surface area contributed by atoms with Gasteiger partial charge in [0.05, 0.1) is 0 Å². The Morgan fingerprint density at radius 1 is 1.25 bits per heavy atom. The fourth-order valence-corrected chi connectivity index (χ4v) is 3.53. The fourth-order valence-electron chi connectivity index (χ4n) is 1.76. The maximum Gasteiger partial charge on any atom is 0.296 e. The van der Waals surface area contributed by atoms with Gasteiger partial charge < -0.3 is 0 Å². The van der Waals surface area contributed by atoms with E-state index in [4.69, 9.17) is 10.7 Å². The van der Waals surface area contributed by atoms with Crippen molar-refractivity contribution < 1.29 is 8.42 Å². The second-order valence-corrected chi connectivity index (χ2v) is 8.56. The zero-order valence-corrected chi connectivity index (χ0v) is 15.3. The van der Waals surface area contributed by atoms with Crippen molar-refractivity contribution in [1.29, 1.82) is 0 Å². The number of nitrogens with zero attached hydrogens (tertiary/aromatic N) is 3. The van der Waals surface area contributed by atoms with E-state index in [0.717, 1.165) is 14.5 Å². The summed E-state index contributed by atoms with van der Waals surface area (Å²) in [5, 5.41) is 7.43. The molecule has 0 bridgehead atoms. The lowest BCUT2D eigenvalue weighted by atomic mass is 10.2. The molecule has 1 aromatic carbocycles. The van der Waals surface area contributed by atoms with Gasteiger partial charge in [-0.2, -0.15) is 0 Å². The molecule has 0 saturated carbocycles. The minimum atomic E-state index is -3.95. The van der Waals surface area contributed by atoms with Crippen LogP contribution in [0.5, 0.6) is 0 Å². The number of hydrogen-bond donors (Lipinski definition) is 0. The molecule has 20 heavy (non-hydrogen) atoms. The second-order valence-electron chi connectivity index (χ2n) is 4.33. The molecular formula is C11H10Br2ClN3O2S. The third-order valence-electron chi connectivity index (χ3n) is 2.57. The van der Waals surface area contributed by atoms with Crippen LogP contribution < -0.4 is 0 Å². The molecule has 0 atom stereocenters. The van der Waals surface area contributed by atoms with Gasteiger partial charge in [-0.05, 0) is 32.0 Å². The molecule has 0 radical (unpaired) electrons. The molecule has 0 aliphatic heterocycles. The SMILES string of the molecule is CC(C)n1c(-c2cc(Br)ccc2Br)nnc1S(=O)(=O)Cl. The molecule has 0 N–H and O–H groups in total. The summed E-state index contributed by atoms with van der Waals surface area (Å²) in [5.74, 6) is 0.437. The highest BCUT2D eigenvalue weighted by Gasteiger charge is 2.25. The molecule has 2 aromatic rings. The Bertz CT molecular complexity index is 759. The van der Waals surface area contributed by atoms with Gasteiger partial charge in [-0.3, -0.25) is 4.57 Å². The molecule has 1 heterocycles. The Labute approximate surface area is 138 Å². The minimum Gasteiger partial charge on any atom is -0.294 e. The van der Waals surface area contributed by atoms with Gasteiger partial charge in [-0.25, -0.2) is 8.42 Å². The van der Waals surface area contributed by atoms with Gasteiger partial charge in [0.25, 0.3) is 14.2 Å². The largest absolute Gasteiger partial charge is 0.296 e. The average molecular weight is 444 g/mol. The van der Waals surface area contributed by atoms with Crippen LogP contribution in [0.2, 0.25) is 0 Å². The minimum absolute atomic E-state index is 0.158. The first-order chi connectivity index (χ1) is 9.21. The highest BCUT2D eigenvalue weighted by atomic mass is 79.9. The van der Waals surface area contributed by atoms with Crippen LogP contribution in [0.4, 0.5) is 0 Å². The number of aromatic nitrogens is 3. The normalized spacial score (nSPS) is 12.1. The van der Waals surface area contributed by atoms with Crippen LogP contribution in [-0.4, -0.2) is 23.2 Å². The van der Waals surface area contributed by atoms with Gasteiger partial charge >= 0.3 is 0 Å². The number of hydrogen-bond acceptors (Lipinski definition) is 4. The molecule has 9 heteroatoms. The lowest BCUT2D eigenvalue weighted by Gasteiger charge is -2.13. The van der Waals surface area contributed by atoms with E-state index in [-0.39, 0.29) is 11.2 Å². The van der Waals surface area contributed by atoms with Crippen molar-refractivity contribution in [1.82, 2.24) is 14.8 Å². The molecule has 5 nitrogen and oxygen atoms in total. The van der Waals surface area contributed by atoms with E-state index in [9.17, 15) is 8.42 Å². The summed E-state index contributed by atoms with van der Waals surface area (Å²) in [5.41, 5.74) is 0.729. The lowest BCUT2D eigenvalue weighted by molar-refractivity contribution is 0.530. The van der Waals surface area contributed by atoms with Crippen LogP contribution >= 0.6 is 42.5 Å². The monoisotopic (exact) mass is 441 g/mol. The van der Waals surface area contributed by atoms with Gasteiger partial charge in [0.1, 0.15) is 0 Å². The number of benzene rings is 1. The zero-order chi connectivity index (χ0) is 15.1. The molecule has 0 unspecified atom stereocenters. The van der Waals surface area contributed by atoms with Crippen LogP contribution in [0, 0.1) is 0 Å². The quantitative estimate of drug-likeness (QED) is 0.673. The maximum atomic E-state index is 11.6. The molecule has 0 fully saturated rings. The first-order valence-electron chi connectivity index (χ1n) is 5.57. The zero-order valence-electron chi connectivity index (χ0n) is 10.5. The Balaban J connectivity index is 2.76. The Kier molecular flexibility index (Phi) is 4.58. The average Bonchev–Trinajstić information content (AvgIpc) is 2.76. The van der Waals surface area contributed by atoms with Gasteiger partial charge in [0.2, 0.25) is 0 Å². The van der Waals surface area contributed by atoms with Crippen molar-refractivity contribution in [3.8, 4) is 11.4 Å². The highest BCUT2D eigenvalue weighted by Crippen LogP contribution is 2.33. The first kappa shape index (κ1) is 15.9. The van der Waals surface area contributed by atoms with Crippen molar-refractivity contribution in [2.24, 2.45) is 0 Å². The molecule has 108 valence electrons. The summed E-state index contributed by atoms with van der Waals surface area (Å²) in [6, 6.07) is 5.38. The molecule has 0 amide bonds. The van der Waals surface area contributed by atoms with Gasteiger partial charge in [-0.15, -0.1) is 10.2 Å². The third-order valence-corrected chi connectivity index (χ3v) is 4.88. The summed E-state index contributed by atoms with van der Waals surface area (Å²) >= 11 is 6.80. The predicted molar refractivity (Wildman–Crippen MR) is 84.3 cm³/mol. The summed E-state index contributed by atoms with van der Waals surface area (Å²) in [6.07, 6.45) is 0. The Hall–Kier alpha value is -0.440. The lowest BCUT2D eigenvalue weighted by Crippen LogP contribution is -2.10. The number of rotatable bonds is 3. The molecule has 2 rings (SSSR count). The Morgan fingerprint density at radius 2 is 1.90 bits per heavy atom. The van der Waals surface area contributed by atoms with Crippen LogP contribution in [0.3, 0.4) is 0 Å². The Morgan fingerprint density at radius 3 is 2.45 bits per heavy atom. The van der Waals surface area contributed by atoms with E-state index in [1.165, 1.54) is 4.57 Å². The van der Waals surface area contributed by atoms with Crippen LogP contribution in [0.15, 0.2) is 32.3 Å². The van der Waals surface area contributed by atoms with Crippen molar-refractivity contribution >= 4 is 51.6 Å². The third kappa shape index (κ3) is 3.08. The smallest absolute Gasteiger partial charge is 0.294 e. The van der Waals surface area contributed by atoms with Crippen molar-refractivity contribution in [3.63, 3.8) is 0 Å². The summed E-state index contributed by atoms with van der Waals surface area (Å²) < 4.78 is 26.3. The van der Waals surface area contributed by atoms with Crippen molar-refractivity contribution in [3.05, 3.63) is 27.1 Å². The standard InChI is InChI=1S/C11H10Br2ClN3O2S/c1-6(2)17-10(15-16-11(17)20(14,18)19)8-5-7(12)3-4-9(8)13/h3-6H,1-2H3. The maximum absolute atomic E-state index is 11.6. The van der Waals surface area contributed by atoms with Crippen molar-refractivity contribution in [2.45, 2.75) is 25.0 Å². The first-order valence-corrected chi connectivity index (χ1v) is 9.46. The summed E-state index contributed by atoms with van der Waals surface area (Å²) in [7, 11) is 1.45. The van der Waals surface area contributed by atoms with E-state index in [0.29, 0.717) is 5.82 Å². The van der Waals surface area contributed by atoms with Gasteiger partial charge in [0, 0.05) is 31.2 Å². The van der Waals surface area contributed by atoms with Crippen LogP contribution in [0.1, 0.15) is 19.9 Å². The molecule has 1 aromatic heterocycles. The van der Waals surface area contributed by atoms with E-state index < -0.39 is 9.05 Å². The topological polar surface area (TPSA) is 64.8 Å². The molecule has 0 aliphatic carbocycles. The molecule has 0 saturated heterocycles.